The van der Waals surface area contributed by atoms with E-state index in [1.807, 2.05) is 20.2 Å². The van der Waals surface area contributed by atoms with Gasteiger partial charge < -0.3 is 10.2 Å². The lowest BCUT2D eigenvalue weighted by Gasteiger charge is -2.34. The number of carbonyl (C=O) groups excluding carboxylic acids is 2. The topological polar surface area (TPSA) is 70.5 Å². The zero-order valence-electron chi connectivity index (χ0n) is 16.4. The van der Waals surface area contributed by atoms with Crippen molar-refractivity contribution < 1.29 is 9.59 Å². The van der Waals surface area contributed by atoms with Crippen molar-refractivity contribution in [2.45, 2.75) is 46.1 Å². The van der Waals surface area contributed by atoms with Gasteiger partial charge in [-0.15, -0.1) is 0 Å². The molecule has 0 spiro atoms. The van der Waals surface area contributed by atoms with Gasteiger partial charge in [-0.3, -0.25) is 19.2 Å². The number of aryl methyl sites for hydroxylation is 2. The normalized spacial score (nSPS) is 22.0. The first-order chi connectivity index (χ1) is 12.3. The molecule has 0 bridgehead atoms. The molecule has 1 aromatic heterocycles. The predicted molar refractivity (Wildman–Crippen MR) is 101 cm³/mol. The second-order valence-corrected chi connectivity index (χ2v) is 8.14. The molecule has 1 aromatic rings. The monoisotopic (exact) mass is 361 g/mol. The number of hydrogen-bond donors (Lipinski definition) is 1. The maximum Gasteiger partial charge on any atom is 0.238 e. The van der Waals surface area contributed by atoms with Crippen molar-refractivity contribution >= 4 is 17.5 Å². The highest BCUT2D eigenvalue weighted by Gasteiger charge is 2.35. The van der Waals surface area contributed by atoms with Crippen LogP contribution in [0.15, 0.2) is 6.20 Å². The van der Waals surface area contributed by atoms with Crippen LogP contribution < -0.4 is 5.32 Å². The number of carbonyl (C=O) groups is 2. The number of rotatable bonds is 6. The Balaban J connectivity index is 1.63. The van der Waals surface area contributed by atoms with Crippen LogP contribution in [0.1, 0.15) is 38.8 Å². The Kier molecular flexibility index (Phi) is 5.65. The Morgan fingerprint density at radius 2 is 2.12 bits per heavy atom. The number of aromatic nitrogens is 2. The number of nitrogens with zero attached hydrogens (tertiary/aromatic N) is 4. The van der Waals surface area contributed by atoms with Crippen molar-refractivity contribution in [2.24, 2.45) is 18.9 Å². The molecule has 3 rings (SSSR count). The quantitative estimate of drug-likeness (QED) is 0.836. The fourth-order valence-corrected chi connectivity index (χ4v) is 3.68. The molecule has 2 fully saturated rings. The van der Waals surface area contributed by atoms with Gasteiger partial charge in [0.1, 0.15) is 0 Å². The molecule has 0 aromatic carbocycles. The van der Waals surface area contributed by atoms with E-state index in [9.17, 15) is 9.59 Å². The van der Waals surface area contributed by atoms with E-state index in [1.165, 1.54) is 12.8 Å². The third kappa shape index (κ3) is 4.63. The van der Waals surface area contributed by atoms with Gasteiger partial charge in [0, 0.05) is 45.3 Å². The highest BCUT2D eigenvalue weighted by molar-refractivity contribution is 5.92. The van der Waals surface area contributed by atoms with E-state index in [2.05, 4.69) is 34.1 Å². The molecule has 7 heteroatoms. The molecule has 2 heterocycles. The molecule has 1 aliphatic carbocycles. The van der Waals surface area contributed by atoms with Crippen molar-refractivity contribution in [1.29, 1.82) is 0 Å². The summed E-state index contributed by atoms with van der Waals surface area (Å²) in [6.07, 6.45) is 4.79. The molecule has 7 nitrogen and oxygen atoms in total. The van der Waals surface area contributed by atoms with Gasteiger partial charge in [-0.1, -0.05) is 13.8 Å². The Labute approximate surface area is 155 Å². The summed E-state index contributed by atoms with van der Waals surface area (Å²) in [5.74, 6) is 1.25. The number of hydrogen-bond acceptors (Lipinski definition) is 4. The smallest absolute Gasteiger partial charge is 0.238 e. The van der Waals surface area contributed by atoms with E-state index in [0.29, 0.717) is 31.3 Å². The van der Waals surface area contributed by atoms with Crippen LogP contribution in [-0.4, -0.2) is 63.6 Å². The van der Waals surface area contributed by atoms with Crippen molar-refractivity contribution in [1.82, 2.24) is 19.6 Å². The summed E-state index contributed by atoms with van der Waals surface area (Å²) in [5, 5.41) is 7.20. The summed E-state index contributed by atoms with van der Waals surface area (Å²) in [5.41, 5.74) is 1.56. The number of nitrogens with one attached hydrogen (secondary N) is 1. The average molecular weight is 361 g/mol. The lowest BCUT2D eigenvalue weighted by atomic mass is 10.0. The van der Waals surface area contributed by atoms with Gasteiger partial charge >= 0.3 is 0 Å². The van der Waals surface area contributed by atoms with Crippen molar-refractivity contribution in [3.05, 3.63) is 11.9 Å². The van der Waals surface area contributed by atoms with Gasteiger partial charge in [-0.25, -0.2) is 0 Å². The molecule has 1 aliphatic heterocycles. The minimum absolute atomic E-state index is 0.0494. The third-order valence-electron chi connectivity index (χ3n) is 5.38. The molecule has 0 unspecified atom stereocenters. The average Bonchev–Trinajstić information content (AvgIpc) is 3.33. The van der Waals surface area contributed by atoms with E-state index in [0.717, 1.165) is 24.5 Å². The van der Waals surface area contributed by atoms with Crippen LogP contribution in [0, 0.1) is 18.8 Å². The van der Waals surface area contributed by atoms with Crippen LogP contribution in [0.5, 0.6) is 0 Å². The molecule has 144 valence electrons. The molecule has 26 heavy (non-hydrogen) atoms. The minimum atomic E-state index is -0.0494. The predicted octanol–water partition coefficient (Wildman–Crippen LogP) is 1.64. The summed E-state index contributed by atoms with van der Waals surface area (Å²) >= 11 is 0. The highest BCUT2D eigenvalue weighted by atomic mass is 16.2. The van der Waals surface area contributed by atoms with Gasteiger partial charge in [0.05, 0.1) is 17.9 Å². The summed E-state index contributed by atoms with van der Waals surface area (Å²) < 4.78 is 1.69. The van der Waals surface area contributed by atoms with E-state index < -0.39 is 0 Å². The highest BCUT2D eigenvalue weighted by Crippen LogP contribution is 2.32. The van der Waals surface area contributed by atoms with Crippen LogP contribution in [0.3, 0.4) is 0 Å². The van der Waals surface area contributed by atoms with E-state index >= 15 is 0 Å². The first-order valence-corrected chi connectivity index (χ1v) is 9.65. The molecule has 2 amide bonds. The van der Waals surface area contributed by atoms with Gasteiger partial charge in [0.2, 0.25) is 11.8 Å². The molecule has 1 saturated heterocycles. The Morgan fingerprint density at radius 1 is 1.38 bits per heavy atom. The van der Waals surface area contributed by atoms with Crippen molar-refractivity contribution in [3.63, 3.8) is 0 Å². The van der Waals surface area contributed by atoms with Gasteiger partial charge in [0.15, 0.2) is 0 Å². The van der Waals surface area contributed by atoms with Crippen LogP contribution in [0.25, 0.3) is 0 Å². The molecule has 1 N–H and O–H groups in total. The van der Waals surface area contributed by atoms with Gasteiger partial charge in [0.25, 0.3) is 0 Å². The molecular formula is C19H31N5O2. The second kappa shape index (κ2) is 7.78. The molecule has 1 saturated carbocycles. The fraction of sp³-hybridized carbons (Fsp3) is 0.737. The first-order valence-electron chi connectivity index (χ1n) is 9.65. The van der Waals surface area contributed by atoms with Crippen LogP contribution in [-0.2, 0) is 16.6 Å². The zero-order valence-corrected chi connectivity index (χ0v) is 16.4. The maximum atomic E-state index is 12.6. The van der Waals surface area contributed by atoms with Crippen LogP contribution >= 0.6 is 0 Å². The second-order valence-electron chi connectivity index (χ2n) is 8.14. The van der Waals surface area contributed by atoms with Crippen molar-refractivity contribution in [2.75, 3.05) is 31.5 Å². The third-order valence-corrected chi connectivity index (χ3v) is 5.38. The van der Waals surface area contributed by atoms with Gasteiger partial charge in [-0.2, -0.15) is 5.10 Å². The van der Waals surface area contributed by atoms with Crippen LogP contribution in [0.4, 0.5) is 5.69 Å². The molecular weight excluding hydrogens is 330 g/mol. The Bertz CT molecular complexity index is 665. The number of anilines is 1. The maximum absolute atomic E-state index is 12.6. The van der Waals surface area contributed by atoms with Crippen molar-refractivity contribution in [3.8, 4) is 0 Å². The lowest BCUT2D eigenvalue weighted by Crippen LogP contribution is -2.48. The summed E-state index contributed by atoms with van der Waals surface area (Å²) in [6, 6.07) is 0.179. The Hall–Kier alpha value is -1.89. The van der Waals surface area contributed by atoms with E-state index in [4.69, 9.17) is 0 Å². The summed E-state index contributed by atoms with van der Waals surface area (Å²) in [6.45, 7) is 8.81. The minimum Gasteiger partial charge on any atom is -0.338 e. The first kappa shape index (κ1) is 18.9. The van der Waals surface area contributed by atoms with Crippen LogP contribution in [0.2, 0.25) is 0 Å². The SMILES string of the molecule is Cc1nn(C)cc1NC(=O)CN1CCC(=O)N(CC2CC2)[C@H](C(C)C)C1. The molecule has 2 aliphatic rings. The molecule has 0 radical (unpaired) electrons. The van der Waals surface area contributed by atoms with E-state index in [-0.39, 0.29) is 17.9 Å². The standard InChI is InChI=1S/C19H31N5O2/c1-13(2)17-11-23(8-7-19(26)24(17)9-15-5-6-15)12-18(25)20-16-10-22(4)21-14(16)3/h10,13,15,17H,5-9,11-12H2,1-4H3,(H,20,25)/t17-/m0/s1. The fourth-order valence-electron chi connectivity index (χ4n) is 3.68. The largest absolute Gasteiger partial charge is 0.338 e. The lowest BCUT2D eigenvalue weighted by molar-refractivity contribution is -0.133. The molecule has 1 atom stereocenters. The van der Waals surface area contributed by atoms with Gasteiger partial charge in [-0.05, 0) is 31.6 Å². The summed E-state index contributed by atoms with van der Waals surface area (Å²) in [7, 11) is 1.84. The number of amides is 2. The zero-order chi connectivity index (χ0) is 18.8. The Morgan fingerprint density at radius 3 is 2.69 bits per heavy atom. The summed E-state index contributed by atoms with van der Waals surface area (Å²) in [4.78, 5) is 29.4. The van der Waals surface area contributed by atoms with E-state index in [1.54, 1.807) is 4.68 Å².